The first-order chi connectivity index (χ1) is 19.9. The molecule has 1 fully saturated rings. The SMILES string of the molecule is COc1cccc(C(=O)[C@H]2[C@H](c3ccccc3Cl)C3(C(=O)c4ccccc4C3=O)C3C=Cc4cc(F)ccc4N32)c1. The lowest BCUT2D eigenvalue weighted by Crippen LogP contribution is -2.48. The number of benzene rings is 4. The van der Waals surface area contributed by atoms with Gasteiger partial charge in [-0.3, -0.25) is 14.4 Å². The Labute approximate surface area is 240 Å². The number of fused-ring (bicyclic) bond motifs is 5. The average Bonchev–Trinajstić information content (AvgIpc) is 3.43. The standard InChI is InChI=1S/C34H23ClFNO4/c1-41-22-8-6-7-20(18-22)31(38)30-29(25-11-4-5-12-26(25)35)34(32(39)23-9-2-3-10-24(23)33(34)40)28-16-13-19-17-21(36)14-15-27(19)37(28)30/h2-18,28-30H,1H3/t28?,29-,30+/m0/s1. The molecule has 0 saturated carbocycles. The molecular formula is C34H23ClFNO4. The van der Waals surface area contributed by atoms with E-state index in [4.69, 9.17) is 16.3 Å². The number of anilines is 1. The van der Waals surface area contributed by atoms with Gasteiger partial charge in [-0.1, -0.05) is 78.4 Å². The van der Waals surface area contributed by atoms with E-state index in [9.17, 15) is 18.8 Å². The fourth-order valence-electron chi connectivity index (χ4n) is 6.97. The number of hydrogen-bond acceptors (Lipinski definition) is 5. The maximum Gasteiger partial charge on any atom is 0.186 e. The molecule has 0 aromatic heterocycles. The van der Waals surface area contributed by atoms with Gasteiger partial charge in [0.2, 0.25) is 0 Å². The van der Waals surface area contributed by atoms with Crippen LogP contribution in [0.15, 0.2) is 97.1 Å². The molecule has 0 bridgehead atoms. The third-order valence-electron chi connectivity index (χ3n) is 8.63. The van der Waals surface area contributed by atoms with Crippen LogP contribution in [0, 0.1) is 11.2 Å². The molecule has 0 radical (unpaired) electrons. The van der Waals surface area contributed by atoms with Gasteiger partial charge in [-0.15, -0.1) is 0 Å². The van der Waals surface area contributed by atoms with Gasteiger partial charge >= 0.3 is 0 Å². The average molecular weight is 564 g/mol. The largest absolute Gasteiger partial charge is 0.497 e. The van der Waals surface area contributed by atoms with Crippen LogP contribution in [0.2, 0.25) is 5.02 Å². The topological polar surface area (TPSA) is 63.7 Å². The van der Waals surface area contributed by atoms with Crippen molar-refractivity contribution < 1.29 is 23.5 Å². The van der Waals surface area contributed by atoms with Crippen molar-refractivity contribution in [3.8, 4) is 5.75 Å². The van der Waals surface area contributed by atoms with Crippen LogP contribution in [0.25, 0.3) is 6.08 Å². The van der Waals surface area contributed by atoms with Gasteiger partial charge in [0.1, 0.15) is 23.0 Å². The van der Waals surface area contributed by atoms with Gasteiger partial charge in [0.25, 0.3) is 0 Å². The molecule has 7 heteroatoms. The molecule has 4 aromatic carbocycles. The summed E-state index contributed by atoms with van der Waals surface area (Å²) >= 11 is 6.81. The summed E-state index contributed by atoms with van der Waals surface area (Å²) in [6, 6.07) is 23.1. The monoisotopic (exact) mass is 563 g/mol. The number of methoxy groups -OCH3 is 1. The molecule has 3 aliphatic rings. The van der Waals surface area contributed by atoms with E-state index in [1.807, 2.05) is 4.90 Å². The van der Waals surface area contributed by atoms with Gasteiger partial charge in [0.15, 0.2) is 17.3 Å². The summed E-state index contributed by atoms with van der Waals surface area (Å²) in [6.07, 6.45) is 3.49. The summed E-state index contributed by atoms with van der Waals surface area (Å²) in [5.41, 5.74) is 0.952. The second kappa shape index (κ2) is 9.25. The fraction of sp³-hybridized carbons (Fsp3) is 0.147. The predicted octanol–water partition coefficient (Wildman–Crippen LogP) is 6.80. The number of rotatable bonds is 4. The number of halogens is 2. The van der Waals surface area contributed by atoms with E-state index in [0.29, 0.717) is 44.3 Å². The Balaban J connectivity index is 1.56. The molecule has 1 spiro atoms. The molecule has 1 aliphatic carbocycles. The van der Waals surface area contributed by atoms with E-state index in [2.05, 4.69) is 0 Å². The molecule has 5 nitrogen and oxygen atoms in total. The lowest BCUT2D eigenvalue weighted by atomic mass is 9.64. The molecule has 3 atom stereocenters. The summed E-state index contributed by atoms with van der Waals surface area (Å²) in [5.74, 6) is -1.90. The first kappa shape index (κ1) is 25.4. The number of ether oxygens (including phenoxy) is 1. The molecule has 1 unspecified atom stereocenters. The molecule has 41 heavy (non-hydrogen) atoms. The van der Waals surface area contributed by atoms with Gasteiger partial charge in [-0.25, -0.2) is 4.39 Å². The second-order valence-corrected chi connectivity index (χ2v) is 10.9. The Morgan fingerprint density at radius 3 is 2.32 bits per heavy atom. The third-order valence-corrected chi connectivity index (χ3v) is 8.97. The zero-order chi connectivity index (χ0) is 28.5. The van der Waals surface area contributed by atoms with Crippen LogP contribution in [-0.2, 0) is 0 Å². The highest BCUT2D eigenvalue weighted by atomic mass is 35.5. The summed E-state index contributed by atoms with van der Waals surface area (Å²) in [4.78, 5) is 45.8. The van der Waals surface area contributed by atoms with Crippen LogP contribution in [0.3, 0.4) is 0 Å². The highest BCUT2D eigenvalue weighted by molar-refractivity contribution is 6.34. The number of carbonyl (C=O) groups is 3. The Morgan fingerprint density at radius 1 is 0.902 bits per heavy atom. The van der Waals surface area contributed by atoms with Crippen molar-refractivity contribution in [2.45, 2.75) is 18.0 Å². The van der Waals surface area contributed by atoms with E-state index in [1.165, 1.54) is 19.2 Å². The maximum atomic E-state index is 14.7. The van der Waals surface area contributed by atoms with Gasteiger partial charge in [0, 0.05) is 38.9 Å². The first-order valence-corrected chi connectivity index (χ1v) is 13.6. The molecular weight excluding hydrogens is 541 g/mol. The molecule has 0 amide bonds. The van der Waals surface area contributed by atoms with E-state index < -0.39 is 29.2 Å². The minimum atomic E-state index is -1.68. The number of carbonyl (C=O) groups excluding carboxylic acids is 3. The van der Waals surface area contributed by atoms with Crippen molar-refractivity contribution in [1.29, 1.82) is 0 Å². The molecule has 2 heterocycles. The minimum absolute atomic E-state index is 0.308. The third kappa shape index (κ3) is 3.44. The van der Waals surface area contributed by atoms with Crippen LogP contribution in [-0.4, -0.2) is 36.5 Å². The zero-order valence-corrected chi connectivity index (χ0v) is 22.6. The lowest BCUT2D eigenvalue weighted by molar-refractivity contribution is 0.0666. The Hall–Kier alpha value is -4.55. The Bertz CT molecular complexity index is 1780. The summed E-state index contributed by atoms with van der Waals surface area (Å²) in [6.45, 7) is 0. The van der Waals surface area contributed by atoms with Crippen LogP contribution >= 0.6 is 11.6 Å². The van der Waals surface area contributed by atoms with Crippen molar-refractivity contribution in [1.82, 2.24) is 0 Å². The van der Waals surface area contributed by atoms with E-state index >= 15 is 0 Å². The van der Waals surface area contributed by atoms with Crippen molar-refractivity contribution in [2.75, 3.05) is 12.0 Å². The molecule has 2 aliphatic heterocycles. The normalized spacial score (nSPS) is 21.5. The maximum absolute atomic E-state index is 14.7. The Morgan fingerprint density at radius 2 is 1.61 bits per heavy atom. The van der Waals surface area contributed by atoms with Crippen molar-refractivity contribution in [2.24, 2.45) is 5.41 Å². The minimum Gasteiger partial charge on any atom is -0.497 e. The molecule has 7 rings (SSSR count). The Kier molecular flexibility index (Phi) is 5.73. The van der Waals surface area contributed by atoms with Crippen LogP contribution < -0.4 is 9.64 Å². The predicted molar refractivity (Wildman–Crippen MR) is 155 cm³/mol. The molecule has 1 saturated heterocycles. The van der Waals surface area contributed by atoms with E-state index in [1.54, 1.807) is 91.0 Å². The fourth-order valence-corrected chi connectivity index (χ4v) is 7.22. The lowest BCUT2D eigenvalue weighted by Gasteiger charge is -2.37. The van der Waals surface area contributed by atoms with Crippen LogP contribution in [0.4, 0.5) is 10.1 Å². The van der Waals surface area contributed by atoms with Gasteiger partial charge < -0.3 is 9.64 Å². The first-order valence-electron chi connectivity index (χ1n) is 13.3. The van der Waals surface area contributed by atoms with Crippen LogP contribution in [0.5, 0.6) is 5.75 Å². The van der Waals surface area contributed by atoms with Gasteiger partial charge in [0.05, 0.1) is 13.2 Å². The molecule has 202 valence electrons. The molecule has 0 N–H and O–H groups in total. The smallest absolute Gasteiger partial charge is 0.186 e. The van der Waals surface area contributed by atoms with E-state index in [-0.39, 0.29) is 17.3 Å². The van der Waals surface area contributed by atoms with Crippen LogP contribution in [0.1, 0.15) is 48.1 Å². The quantitative estimate of drug-likeness (QED) is 0.202. The second-order valence-electron chi connectivity index (χ2n) is 10.5. The van der Waals surface area contributed by atoms with E-state index in [0.717, 1.165) is 0 Å². The summed E-state index contributed by atoms with van der Waals surface area (Å²) in [5, 5.41) is 0.347. The number of Topliss-reactive ketones (excluding diaryl/α,β-unsaturated/α-hetero) is 3. The van der Waals surface area contributed by atoms with Crippen molar-refractivity contribution in [3.63, 3.8) is 0 Å². The highest BCUT2D eigenvalue weighted by Gasteiger charge is 2.71. The highest BCUT2D eigenvalue weighted by Crippen LogP contribution is 2.61. The van der Waals surface area contributed by atoms with Crippen molar-refractivity contribution >= 4 is 40.7 Å². The summed E-state index contributed by atoms with van der Waals surface area (Å²) < 4.78 is 19.8. The molecule has 4 aromatic rings. The van der Waals surface area contributed by atoms with Gasteiger partial charge in [-0.2, -0.15) is 0 Å². The van der Waals surface area contributed by atoms with Gasteiger partial charge in [-0.05, 0) is 42.0 Å². The summed E-state index contributed by atoms with van der Waals surface area (Å²) in [7, 11) is 1.52. The number of ketones is 3. The zero-order valence-electron chi connectivity index (χ0n) is 21.9. The number of nitrogens with zero attached hydrogens (tertiary/aromatic N) is 1. The van der Waals surface area contributed by atoms with Crippen molar-refractivity contribution in [3.05, 3.63) is 136 Å². The number of hydrogen-bond donors (Lipinski definition) is 0.